The zero-order valence-electron chi connectivity index (χ0n) is 13.5. The summed E-state index contributed by atoms with van der Waals surface area (Å²) < 4.78 is 11.0. The van der Waals surface area contributed by atoms with Gasteiger partial charge in [-0.2, -0.15) is 0 Å². The molecule has 1 aromatic rings. The first-order chi connectivity index (χ1) is 10.3. The van der Waals surface area contributed by atoms with Gasteiger partial charge >= 0.3 is 6.09 Å². The number of carbonyl (C=O) groups excluding carboxylic acids is 2. The van der Waals surface area contributed by atoms with Gasteiger partial charge in [0.25, 0.3) is 0 Å². The van der Waals surface area contributed by atoms with Crippen molar-refractivity contribution in [3.63, 3.8) is 0 Å². The summed E-state index contributed by atoms with van der Waals surface area (Å²) in [7, 11) is 0. The van der Waals surface area contributed by atoms with Crippen LogP contribution in [0, 0.1) is 0 Å². The largest absolute Gasteiger partial charge is 0.444 e. The van der Waals surface area contributed by atoms with Crippen molar-refractivity contribution in [3.05, 3.63) is 22.4 Å². The van der Waals surface area contributed by atoms with Gasteiger partial charge in [0.1, 0.15) is 5.60 Å². The van der Waals surface area contributed by atoms with Gasteiger partial charge in [-0.05, 0) is 39.1 Å². The first-order valence-electron chi connectivity index (χ1n) is 7.43. The van der Waals surface area contributed by atoms with Crippen LogP contribution in [0.5, 0.6) is 0 Å². The molecule has 6 heteroatoms. The van der Waals surface area contributed by atoms with Crippen molar-refractivity contribution in [3.8, 4) is 0 Å². The molecule has 5 nitrogen and oxygen atoms in total. The molecule has 0 spiro atoms. The highest BCUT2D eigenvalue weighted by atomic mass is 32.1. The van der Waals surface area contributed by atoms with Gasteiger partial charge in [-0.1, -0.05) is 6.07 Å². The standard InChI is InChI=1S/C16H23NO4S/c1-11-9-20-10-12(8-13(18)14-6-5-7-22-14)17(11)15(19)21-16(2,3)4/h5-7,11-12H,8-10H2,1-4H3. The number of rotatable bonds is 3. The van der Waals surface area contributed by atoms with Crippen molar-refractivity contribution in [1.82, 2.24) is 4.90 Å². The SMILES string of the molecule is CC1COCC(CC(=O)c2cccs2)N1C(=O)OC(C)(C)C. The van der Waals surface area contributed by atoms with E-state index in [9.17, 15) is 9.59 Å². The first kappa shape index (κ1) is 17.0. The quantitative estimate of drug-likeness (QED) is 0.800. The lowest BCUT2D eigenvalue weighted by Crippen LogP contribution is -2.55. The lowest BCUT2D eigenvalue weighted by molar-refractivity contribution is -0.0558. The Morgan fingerprint density at radius 3 is 2.73 bits per heavy atom. The molecule has 1 saturated heterocycles. The molecule has 122 valence electrons. The smallest absolute Gasteiger partial charge is 0.410 e. The molecule has 2 rings (SSSR count). The Balaban J connectivity index is 2.09. The molecule has 1 aromatic heterocycles. The summed E-state index contributed by atoms with van der Waals surface area (Å²) >= 11 is 1.41. The highest BCUT2D eigenvalue weighted by molar-refractivity contribution is 7.12. The van der Waals surface area contributed by atoms with Crippen molar-refractivity contribution in [2.75, 3.05) is 13.2 Å². The minimum atomic E-state index is -0.558. The zero-order chi connectivity index (χ0) is 16.3. The maximum absolute atomic E-state index is 12.4. The van der Waals surface area contributed by atoms with Crippen molar-refractivity contribution in [2.24, 2.45) is 0 Å². The van der Waals surface area contributed by atoms with E-state index in [4.69, 9.17) is 9.47 Å². The summed E-state index contributed by atoms with van der Waals surface area (Å²) in [4.78, 5) is 27.1. The molecule has 1 fully saturated rings. The minimum Gasteiger partial charge on any atom is -0.444 e. The molecule has 22 heavy (non-hydrogen) atoms. The summed E-state index contributed by atoms with van der Waals surface area (Å²) in [6, 6.07) is 3.26. The molecule has 2 heterocycles. The summed E-state index contributed by atoms with van der Waals surface area (Å²) in [5, 5.41) is 1.87. The highest BCUT2D eigenvalue weighted by Crippen LogP contribution is 2.22. The number of hydrogen-bond donors (Lipinski definition) is 0. The summed E-state index contributed by atoms with van der Waals surface area (Å²) in [5.74, 6) is 0.0336. The van der Waals surface area contributed by atoms with Crippen LogP contribution in [0.3, 0.4) is 0 Å². The van der Waals surface area contributed by atoms with E-state index in [1.165, 1.54) is 11.3 Å². The van der Waals surface area contributed by atoms with Crippen molar-refractivity contribution in [2.45, 2.75) is 51.8 Å². The normalized spacial score (nSPS) is 22.5. The molecule has 0 radical (unpaired) electrons. The molecular weight excluding hydrogens is 302 g/mol. The van der Waals surface area contributed by atoms with Gasteiger partial charge in [-0.3, -0.25) is 9.69 Å². The second-order valence-corrected chi connectivity index (χ2v) is 7.48. The fourth-order valence-corrected chi connectivity index (χ4v) is 3.12. The maximum atomic E-state index is 12.4. The van der Waals surface area contributed by atoms with Crippen molar-refractivity contribution < 1.29 is 19.1 Å². The Morgan fingerprint density at radius 1 is 1.41 bits per heavy atom. The van der Waals surface area contributed by atoms with E-state index in [0.717, 1.165) is 0 Å². The van der Waals surface area contributed by atoms with Gasteiger partial charge in [0, 0.05) is 6.42 Å². The predicted octanol–water partition coefficient (Wildman–Crippen LogP) is 3.35. The molecule has 2 unspecified atom stereocenters. The van der Waals surface area contributed by atoms with E-state index >= 15 is 0 Å². The fraction of sp³-hybridized carbons (Fsp3) is 0.625. The van der Waals surface area contributed by atoms with E-state index in [1.807, 2.05) is 39.1 Å². The van der Waals surface area contributed by atoms with Crippen molar-refractivity contribution >= 4 is 23.2 Å². The lowest BCUT2D eigenvalue weighted by atomic mass is 10.1. The van der Waals surface area contributed by atoms with E-state index in [-0.39, 0.29) is 30.4 Å². The number of nitrogens with zero attached hydrogens (tertiary/aromatic N) is 1. The third-order valence-corrected chi connectivity index (χ3v) is 4.27. The average Bonchev–Trinajstić information content (AvgIpc) is 2.90. The van der Waals surface area contributed by atoms with E-state index in [2.05, 4.69) is 0 Å². The number of hydrogen-bond acceptors (Lipinski definition) is 5. The first-order valence-corrected chi connectivity index (χ1v) is 8.31. The molecule has 0 N–H and O–H groups in total. The Hall–Kier alpha value is -1.40. The third kappa shape index (κ3) is 4.30. The number of morpholine rings is 1. The Labute approximate surface area is 135 Å². The Morgan fingerprint density at radius 2 is 2.14 bits per heavy atom. The number of Topliss-reactive ketones (excluding diaryl/α,β-unsaturated/α-hetero) is 1. The monoisotopic (exact) mass is 325 g/mol. The predicted molar refractivity (Wildman–Crippen MR) is 85.4 cm³/mol. The fourth-order valence-electron chi connectivity index (χ4n) is 2.45. The van der Waals surface area contributed by atoms with Crippen LogP contribution in [0.1, 0.15) is 43.8 Å². The average molecular weight is 325 g/mol. The van der Waals surface area contributed by atoms with Crippen LogP contribution < -0.4 is 0 Å². The van der Waals surface area contributed by atoms with Crippen LogP contribution >= 0.6 is 11.3 Å². The minimum absolute atomic E-state index is 0.0336. The Bertz CT molecular complexity index is 521. The van der Waals surface area contributed by atoms with Gasteiger partial charge in [-0.25, -0.2) is 4.79 Å². The molecule has 0 aliphatic carbocycles. The highest BCUT2D eigenvalue weighted by Gasteiger charge is 2.36. The molecule has 2 atom stereocenters. The molecule has 0 bridgehead atoms. The molecular formula is C16H23NO4S. The van der Waals surface area contributed by atoms with Crippen LogP contribution in [0.15, 0.2) is 17.5 Å². The Kier molecular flexibility index (Phi) is 5.24. The van der Waals surface area contributed by atoms with Gasteiger partial charge in [0.05, 0.1) is 30.2 Å². The van der Waals surface area contributed by atoms with Gasteiger partial charge < -0.3 is 9.47 Å². The van der Waals surface area contributed by atoms with Crippen LogP contribution in [0.25, 0.3) is 0 Å². The third-order valence-electron chi connectivity index (χ3n) is 3.36. The summed E-state index contributed by atoms with van der Waals surface area (Å²) in [6.07, 6.45) is -0.128. The number of ether oxygens (including phenoxy) is 2. The number of ketones is 1. The molecule has 0 saturated carbocycles. The maximum Gasteiger partial charge on any atom is 0.410 e. The second kappa shape index (κ2) is 6.79. The van der Waals surface area contributed by atoms with Gasteiger partial charge in [0.2, 0.25) is 0 Å². The van der Waals surface area contributed by atoms with Gasteiger partial charge in [0.15, 0.2) is 5.78 Å². The molecule has 1 amide bonds. The molecule has 1 aliphatic heterocycles. The number of amides is 1. The van der Waals surface area contributed by atoms with Crippen LogP contribution in [0.2, 0.25) is 0 Å². The second-order valence-electron chi connectivity index (χ2n) is 6.53. The van der Waals surface area contributed by atoms with E-state index in [1.54, 1.807) is 11.0 Å². The zero-order valence-corrected chi connectivity index (χ0v) is 14.3. The van der Waals surface area contributed by atoms with Crippen LogP contribution in [0.4, 0.5) is 4.79 Å². The number of thiophene rings is 1. The van der Waals surface area contributed by atoms with Gasteiger partial charge in [-0.15, -0.1) is 11.3 Å². The van der Waals surface area contributed by atoms with E-state index < -0.39 is 5.60 Å². The molecule has 1 aliphatic rings. The van der Waals surface area contributed by atoms with E-state index in [0.29, 0.717) is 18.1 Å². The van der Waals surface area contributed by atoms with Crippen LogP contribution in [-0.2, 0) is 9.47 Å². The molecule has 0 aromatic carbocycles. The van der Waals surface area contributed by atoms with Crippen molar-refractivity contribution in [1.29, 1.82) is 0 Å². The summed E-state index contributed by atoms with van der Waals surface area (Å²) in [5.41, 5.74) is -0.558. The summed E-state index contributed by atoms with van der Waals surface area (Å²) in [6.45, 7) is 8.24. The topological polar surface area (TPSA) is 55.8 Å². The lowest BCUT2D eigenvalue weighted by Gasteiger charge is -2.40. The number of carbonyl (C=O) groups is 2. The van der Waals surface area contributed by atoms with Crippen LogP contribution in [-0.4, -0.2) is 47.7 Å².